The van der Waals surface area contributed by atoms with Gasteiger partial charge < -0.3 is 15.5 Å². The molecule has 2 N–H and O–H groups in total. The maximum atomic E-state index is 12.5. The predicted molar refractivity (Wildman–Crippen MR) is 90.2 cm³/mol. The highest BCUT2D eigenvalue weighted by atomic mass is 16.2. The number of anilines is 1. The van der Waals surface area contributed by atoms with E-state index in [2.05, 4.69) is 20.8 Å². The Kier molecular flexibility index (Phi) is 5.27. The van der Waals surface area contributed by atoms with Crippen molar-refractivity contribution < 1.29 is 9.59 Å². The van der Waals surface area contributed by atoms with Crippen molar-refractivity contribution in [2.75, 3.05) is 18.4 Å². The third-order valence-electron chi connectivity index (χ3n) is 4.94. The summed E-state index contributed by atoms with van der Waals surface area (Å²) in [6, 6.07) is 3.59. The number of carbonyl (C=O) groups is 2. The molecule has 1 aliphatic heterocycles. The van der Waals surface area contributed by atoms with Crippen molar-refractivity contribution in [1.29, 1.82) is 0 Å². The van der Waals surface area contributed by atoms with Gasteiger partial charge in [-0.1, -0.05) is 6.42 Å². The Morgan fingerprint density at radius 1 is 1.25 bits per heavy atom. The smallest absolute Gasteiger partial charge is 0.244 e. The molecule has 0 aromatic carbocycles. The number of piperidine rings is 1. The zero-order valence-corrected chi connectivity index (χ0v) is 14.1. The Morgan fingerprint density at radius 2 is 2.00 bits per heavy atom. The van der Waals surface area contributed by atoms with Gasteiger partial charge in [0, 0.05) is 31.2 Å². The minimum atomic E-state index is -0.442. The summed E-state index contributed by atoms with van der Waals surface area (Å²) in [5.74, 6) is 0.924. The number of hydrogen-bond donors (Lipinski definition) is 2. The van der Waals surface area contributed by atoms with Crippen molar-refractivity contribution in [2.45, 2.75) is 51.1 Å². The lowest BCUT2D eigenvalue weighted by Crippen LogP contribution is -2.52. The van der Waals surface area contributed by atoms with Crippen molar-refractivity contribution in [3.8, 4) is 0 Å². The number of likely N-dealkylation sites (tertiary alicyclic amines) is 1. The monoisotopic (exact) mass is 331 g/mol. The molecule has 2 amide bonds. The van der Waals surface area contributed by atoms with Crippen molar-refractivity contribution in [3.63, 3.8) is 0 Å². The van der Waals surface area contributed by atoms with Crippen LogP contribution in [0.5, 0.6) is 0 Å². The summed E-state index contributed by atoms with van der Waals surface area (Å²) in [5.41, 5.74) is 0. The fourth-order valence-electron chi connectivity index (χ4n) is 3.17. The van der Waals surface area contributed by atoms with E-state index in [-0.39, 0.29) is 17.7 Å². The van der Waals surface area contributed by atoms with Crippen LogP contribution in [-0.2, 0) is 9.59 Å². The second-order valence-corrected chi connectivity index (χ2v) is 6.71. The van der Waals surface area contributed by atoms with Crippen LogP contribution in [0.1, 0.15) is 39.0 Å². The van der Waals surface area contributed by atoms with Gasteiger partial charge in [-0.05, 0) is 44.7 Å². The van der Waals surface area contributed by atoms with Gasteiger partial charge in [0.1, 0.15) is 11.9 Å². The van der Waals surface area contributed by atoms with Crippen molar-refractivity contribution in [1.82, 2.24) is 20.4 Å². The first-order valence-electron chi connectivity index (χ1n) is 8.77. The minimum absolute atomic E-state index is 0.0145. The van der Waals surface area contributed by atoms with E-state index >= 15 is 0 Å². The van der Waals surface area contributed by atoms with Crippen LogP contribution in [0.4, 0.5) is 5.82 Å². The highest BCUT2D eigenvalue weighted by Crippen LogP contribution is 2.26. The number of rotatable bonds is 5. The Labute approximate surface area is 142 Å². The lowest BCUT2D eigenvalue weighted by atomic mass is 9.84. The molecule has 2 heterocycles. The summed E-state index contributed by atoms with van der Waals surface area (Å²) in [6.07, 6.45) is 6.40. The first-order valence-corrected chi connectivity index (χ1v) is 8.77. The fourth-order valence-corrected chi connectivity index (χ4v) is 3.17. The molecule has 0 spiro atoms. The molecule has 1 aromatic rings. The van der Waals surface area contributed by atoms with Gasteiger partial charge in [0.25, 0.3) is 0 Å². The number of carbonyl (C=O) groups excluding carboxylic acids is 2. The highest BCUT2D eigenvalue weighted by molar-refractivity contribution is 5.88. The van der Waals surface area contributed by atoms with Crippen LogP contribution in [0.3, 0.4) is 0 Å². The predicted octanol–water partition coefficient (Wildman–Crippen LogP) is 1.18. The molecule has 1 aliphatic carbocycles. The maximum absolute atomic E-state index is 12.5. The van der Waals surface area contributed by atoms with E-state index in [1.807, 2.05) is 17.0 Å². The fraction of sp³-hybridized carbons (Fsp3) is 0.647. The van der Waals surface area contributed by atoms with E-state index in [1.165, 1.54) is 0 Å². The van der Waals surface area contributed by atoms with E-state index in [1.54, 1.807) is 13.1 Å². The van der Waals surface area contributed by atoms with Crippen molar-refractivity contribution in [2.24, 2.45) is 5.92 Å². The van der Waals surface area contributed by atoms with Gasteiger partial charge in [-0.3, -0.25) is 9.59 Å². The van der Waals surface area contributed by atoms with Crippen LogP contribution in [-0.4, -0.2) is 52.1 Å². The summed E-state index contributed by atoms with van der Waals surface area (Å²) in [4.78, 5) is 26.3. The van der Waals surface area contributed by atoms with Gasteiger partial charge in [-0.15, -0.1) is 5.10 Å². The average Bonchev–Trinajstić information content (AvgIpc) is 2.54. The summed E-state index contributed by atoms with van der Waals surface area (Å²) in [5, 5.41) is 14.1. The molecule has 0 radical (unpaired) electrons. The molecule has 1 saturated carbocycles. The SMILES string of the molecule is CC(NC(=O)C1CCC1)C(=O)N1CCC(Nc2cccnn2)CC1. The van der Waals surface area contributed by atoms with Crippen molar-refractivity contribution >= 4 is 17.6 Å². The molecule has 24 heavy (non-hydrogen) atoms. The second-order valence-electron chi connectivity index (χ2n) is 6.71. The minimum Gasteiger partial charge on any atom is -0.366 e. The maximum Gasteiger partial charge on any atom is 0.244 e. The lowest BCUT2D eigenvalue weighted by Gasteiger charge is -2.34. The molecule has 3 rings (SSSR count). The first kappa shape index (κ1) is 16.7. The standard InChI is InChI=1S/C17H25N5O2/c1-12(19-16(23)13-4-2-5-13)17(24)22-10-7-14(8-11-22)20-15-6-3-9-18-21-15/h3,6,9,12-14H,2,4-5,7-8,10-11H2,1H3,(H,19,23)(H,20,21). The van der Waals surface area contributed by atoms with Gasteiger partial charge in [-0.2, -0.15) is 5.10 Å². The van der Waals surface area contributed by atoms with E-state index in [9.17, 15) is 9.59 Å². The molecule has 7 nitrogen and oxygen atoms in total. The van der Waals surface area contributed by atoms with Gasteiger partial charge in [0.15, 0.2) is 0 Å². The van der Waals surface area contributed by atoms with Crippen LogP contribution in [0.2, 0.25) is 0 Å². The summed E-state index contributed by atoms with van der Waals surface area (Å²) < 4.78 is 0. The molecule has 0 bridgehead atoms. The largest absolute Gasteiger partial charge is 0.366 e. The summed E-state index contributed by atoms with van der Waals surface area (Å²) in [7, 11) is 0. The quantitative estimate of drug-likeness (QED) is 0.846. The highest BCUT2D eigenvalue weighted by Gasteiger charge is 2.30. The number of amides is 2. The lowest BCUT2D eigenvalue weighted by molar-refractivity contribution is -0.138. The molecule has 1 saturated heterocycles. The Hall–Kier alpha value is -2.18. The number of nitrogens with zero attached hydrogens (tertiary/aromatic N) is 3. The van der Waals surface area contributed by atoms with Crippen LogP contribution in [0.15, 0.2) is 18.3 Å². The Balaban J connectivity index is 1.43. The topological polar surface area (TPSA) is 87.2 Å². The summed E-state index contributed by atoms with van der Waals surface area (Å²) >= 11 is 0. The molecular formula is C17H25N5O2. The average molecular weight is 331 g/mol. The molecule has 2 aliphatic rings. The van der Waals surface area contributed by atoms with Gasteiger partial charge in [-0.25, -0.2) is 0 Å². The second kappa shape index (κ2) is 7.59. The zero-order valence-electron chi connectivity index (χ0n) is 14.1. The molecule has 1 unspecified atom stereocenters. The van der Waals surface area contributed by atoms with E-state index in [4.69, 9.17) is 0 Å². The normalized spacial score (nSPS) is 20.1. The van der Waals surface area contributed by atoms with Gasteiger partial charge in [0.2, 0.25) is 11.8 Å². The Bertz CT molecular complexity index is 568. The van der Waals surface area contributed by atoms with Gasteiger partial charge in [0.05, 0.1) is 0 Å². The zero-order chi connectivity index (χ0) is 16.9. The van der Waals surface area contributed by atoms with Gasteiger partial charge >= 0.3 is 0 Å². The van der Waals surface area contributed by atoms with Crippen LogP contribution in [0, 0.1) is 5.92 Å². The molecule has 7 heteroatoms. The van der Waals surface area contributed by atoms with Crippen molar-refractivity contribution in [3.05, 3.63) is 18.3 Å². The van der Waals surface area contributed by atoms with E-state index in [0.717, 1.165) is 37.9 Å². The van der Waals surface area contributed by atoms with E-state index in [0.29, 0.717) is 19.1 Å². The third-order valence-corrected chi connectivity index (χ3v) is 4.94. The number of aromatic nitrogens is 2. The van der Waals surface area contributed by atoms with Crippen LogP contribution < -0.4 is 10.6 Å². The Morgan fingerprint density at radius 3 is 2.58 bits per heavy atom. The molecule has 1 aromatic heterocycles. The number of nitrogens with one attached hydrogen (secondary N) is 2. The molecule has 2 fully saturated rings. The number of hydrogen-bond acceptors (Lipinski definition) is 5. The third kappa shape index (κ3) is 4.01. The molecule has 1 atom stereocenters. The molecule has 130 valence electrons. The van der Waals surface area contributed by atoms with E-state index < -0.39 is 6.04 Å². The summed E-state index contributed by atoms with van der Waals surface area (Å²) in [6.45, 7) is 3.17. The first-order chi connectivity index (χ1) is 11.6. The van der Waals surface area contributed by atoms with Crippen LogP contribution in [0.25, 0.3) is 0 Å². The molecular weight excluding hydrogens is 306 g/mol. The van der Waals surface area contributed by atoms with Crippen LogP contribution >= 0.6 is 0 Å².